The number of hydroxylamine groups is 4. The fourth-order valence-corrected chi connectivity index (χ4v) is 1.02. The van der Waals surface area contributed by atoms with Crippen LogP contribution in [0.25, 0.3) is 0 Å². The molecule has 0 saturated carbocycles. The standard InChI is InChI=1S/C9H18NO4/c1-3-6-10(12,13)7-5-8-14-9(11)4-2/h4,12-13H,2-3,5-8H2,1H3/q+1. The summed E-state index contributed by atoms with van der Waals surface area (Å²) < 4.78 is 4.68. The Morgan fingerprint density at radius 3 is 2.64 bits per heavy atom. The van der Waals surface area contributed by atoms with Gasteiger partial charge in [0.25, 0.3) is 0 Å². The van der Waals surface area contributed by atoms with E-state index in [0.29, 0.717) is 12.8 Å². The van der Waals surface area contributed by atoms with Gasteiger partial charge in [0.15, 0.2) is 0 Å². The smallest absolute Gasteiger partial charge is 0.330 e. The normalized spacial score (nSPS) is 11.1. The first-order chi connectivity index (χ1) is 6.52. The average Bonchev–Trinajstić information content (AvgIpc) is 2.12. The maximum atomic E-state index is 10.6. The summed E-state index contributed by atoms with van der Waals surface area (Å²) in [5.41, 5.74) is 0. The molecule has 0 aromatic carbocycles. The number of carbonyl (C=O) groups is 1. The zero-order valence-corrected chi connectivity index (χ0v) is 8.48. The number of quaternary nitrogens is 1. The Morgan fingerprint density at radius 1 is 1.50 bits per heavy atom. The molecule has 0 amide bonds. The number of rotatable bonds is 7. The first kappa shape index (κ1) is 13.1. The molecule has 0 rings (SSSR count). The zero-order chi connectivity index (χ0) is 11.0. The summed E-state index contributed by atoms with van der Waals surface area (Å²) in [6.07, 6.45) is 2.16. The van der Waals surface area contributed by atoms with Crippen molar-refractivity contribution in [2.75, 3.05) is 19.7 Å². The first-order valence-corrected chi connectivity index (χ1v) is 4.63. The molecule has 0 radical (unpaired) electrons. The van der Waals surface area contributed by atoms with Crippen LogP contribution in [-0.4, -0.2) is 40.9 Å². The lowest BCUT2D eigenvalue weighted by Crippen LogP contribution is -2.42. The van der Waals surface area contributed by atoms with Crippen molar-refractivity contribution in [1.82, 2.24) is 0 Å². The zero-order valence-electron chi connectivity index (χ0n) is 8.48. The number of hydrogen-bond acceptors (Lipinski definition) is 4. The molecule has 0 fully saturated rings. The maximum Gasteiger partial charge on any atom is 0.330 e. The van der Waals surface area contributed by atoms with Gasteiger partial charge < -0.3 is 4.74 Å². The minimum atomic E-state index is -1.01. The van der Waals surface area contributed by atoms with E-state index in [0.717, 1.165) is 6.08 Å². The molecular weight excluding hydrogens is 186 g/mol. The van der Waals surface area contributed by atoms with Crippen LogP contribution in [0.1, 0.15) is 19.8 Å². The summed E-state index contributed by atoms with van der Waals surface area (Å²) in [7, 11) is 0. The Labute approximate surface area is 83.7 Å². The lowest BCUT2D eigenvalue weighted by Gasteiger charge is -2.20. The van der Waals surface area contributed by atoms with Crippen molar-refractivity contribution in [2.45, 2.75) is 19.8 Å². The third-order valence-electron chi connectivity index (χ3n) is 1.65. The van der Waals surface area contributed by atoms with E-state index in [1.807, 2.05) is 6.92 Å². The molecule has 0 aliphatic carbocycles. The highest BCUT2D eigenvalue weighted by Gasteiger charge is 2.20. The Balaban J connectivity index is 3.53. The topological polar surface area (TPSA) is 66.8 Å². The number of ether oxygens (including phenoxy) is 1. The third kappa shape index (κ3) is 6.59. The molecule has 0 aliphatic rings. The summed E-state index contributed by atoms with van der Waals surface area (Å²) in [6, 6.07) is 0. The van der Waals surface area contributed by atoms with Crippen molar-refractivity contribution in [2.24, 2.45) is 0 Å². The molecule has 5 heteroatoms. The minimum Gasteiger partial charge on any atom is -0.462 e. The summed E-state index contributed by atoms with van der Waals surface area (Å²) in [5.74, 6) is -0.491. The maximum absolute atomic E-state index is 10.6. The second-order valence-corrected chi connectivity index (χ2v) is 3.05. The molecule has 0 spiro atoms. The molecule has 14 heavy (non-hydrogen) atoms. The first-order valence-electron chi connectivity index (χ1n) is 4.63. The predicted molar refractivity (Wildman–Crippen MR) is 49.6 cm³/mol. The van der Waals surface area contributed by atoms with Crippen LogP contribution >= 0.6 is 0 Å². The molecule has 2 N–H and O–H groups in total. The fourth-order valence-electron chi connectivity index (χ4n) is 1.02. The van der Waals surface area contributed by atoms with Gasteiger partial charge in [-0.15, -0.1) is 0 Å². The largest absolute Gasteiger partial charge is 0.462 e. The summed E-state index contributed by atoms with van der Waals surface area (Å²) in [4.78, 5) is 9.58. The van der Waals surface area contributed by atoms with Gasteiger partial charge in [0.1, 0.15) is 13.1 Å². The van der Waals surface area contributed by atoms with Crippen molar-refractivity contribution < 1.29 is 24.8 Å². The second kappa shape index (κ2) is 6.53. The van der Waals surface area contributed by atoms with E-state index in [2.05, 4.69) is 11.3 Å². The van der Waals surface area contributed by atoms with Crippen molar-refractivity contribution in [1.29, 1.82) is 0 Å². The number of nitrogens with zero attached hydrogens (tertiary/aromatic N) is 1. The van der Waals surface area contributed by atoms with E-state index in [-0.39, 0.29) is 19.7 Å². The minimum absolute atomic E-state index is 0.151. The average molecular weight is 204 g/mol. The third-order valence-corrected chi connectivity index (χ3v) is 1.65. The molecule has 0 aromatic rings. The molecule has 0 aliphatic heterocycles. The van der Waals surface area contributed by atoms with Crippen LogP contribution in [0.15, 0.2) is 12.7 Å². The Bertz CT molecular complexity index is 191. The van der Waals surface area contributed by atoms with E-state index in [1.165, 1.54) is 0 Å². The molecule has 0 heterocycles. The van der Waals surface area contributed by atoms with E-state index < -0.39 is 10.8 Å². The van der Waals surface area contributed by atoms with Crippen LogP contribution < -0.4 is 0 Å². The summed E-state index contributed by atoms with van der Waals surface area (Å²) in [6.45, 7) is 5.70. The highest BCUT2D eigenvalue weighted by molar-refractivity contribution is 5.81. The highest BCUT2D eigenvalue weighted by Crippen LogP contribution is 2.00. The summed E-state index contributed by atoms with van der Waals surface area (Å²) >= 11 is 0. The van der Waals surface area contributed by atoms with Gasteiger partial charge in [-0.1, -0.05) is 13.5 Å². The van der Waals surface area contributed by atoms with Gasteiger partial charge >= 0.3 is 5.97 Å². The van der Waals surface area contributed by atoms with Crippen molar-refractivity contribution in [3.05, 3.63) is 12.7 Å². The predicted octanol–water partition coefficient (Wildman–Crippen LogP) is 1.11. The van der Waals surface area contributed by atoms with Crippen LogP contribution in [0.3, 0.4) is 0 Å². The Kier molecular flexibility index (Phi) is 6.11. The van der Waals surface area contributed by atoms with E-state index in [9.17, 15) is 15.2 Å². The molecule has 0 aromatic heterocycles. The van der Waals surface area contributed by atoms with Crippen LogP contribution in [0.4, 0.5) is 0 Å². The highest BCUT2D eigenvalue weighted by atomic mass is 16.8. The summed E-state index contributed by atoms with van der Waals surface area (Å²) in [5, 5.41) is 18.5. The van der Waals surface area contributed by atoms with Gasteiger partial charge in [-0.2, -0.15) is 10.4 Å². The number of carbonyl (C=O) groups excluding carboxylic acids is 1. The van der Waals surface area contributed by atoms with Gasteiger partial charge in [-0.05, 0) is 11.2 Å². The van der Waals surface area contributed by atoms with E-state index in [4.69, 9.17) is 0 Å². The lowest BCUT2D eigenvalue weighted by molar-refractivity contribution is -1.24. The molecule has 0 atom stereocenters. The SMILES string of the molecule is C=CC(=O)OCCC[N+](O)(O)CCC. The van der Waals surface area contributed by atoms with E-state index in [1.54, 1.807) is 0 Å². The van der Waals surface area contributed by atoms with Gasteiger partial charge in [0, 0.05) is 12.5 Å². The van der Waals surface area contributed by atoms with Gasteiger partial charge in [0.05, 0.1) is 6.61 Å². The fraction of sp³-hybridized carbons (Fsp3) is 0.667. The van der Waals surface area contributed by atoms with Gasteiger partial charge in [-0.3, -0.25) is 0 Å². The van der Waals surface area contributed by atoms with Crippen LogP contribution in [0.5, 0.6) is 0 Å². The van der Waals surface area contributed by atoms with E-state index >= 15 is 0 Å². The Morgan fingerprint density at radius 2 is 2.14 bits per heavy atom. The van der Waals surface area contributed by atoms with Crippen molar-refractivity contribution in [3.8, 4) is 0 Å². The quantitative estimate of drug-likeness (QED) is 0.214. The molecule has 0 bridgehead atoms. The second-order valence-electron chi connectivity index (χ2n) is 3.05. The Hall–Kier alpha value is -0.910. The van der Waals surface area contributed by atoms with Crippen LogP contribution in [0, 0.1) is 0 Å². The van der Waals surface area contributed by atoms with Crippen LogP contribution in [0.2, 0.25) is 0 Å². The number of hydrogen-bond donors (Lipinski definition) is 2. The molecule has 0 saturated heterocycles. The van der Waals surface area contributed by atoms with Gasteiger partial charge in [0.2, 0.25) is 0 Å². The molecule has 0 unspecified atom stereocenters. The lowest BCUT2D eigenvalue weighted by atomic mass is 10.4. The molecule has 5 nitrogen and oxygen atoms in total. The number of esters is 1. The van der Waals surface area contributed by atoms with Crippen molar-refractivity contribution in [3.63, 3.8) is 0 Å². The monoisotopic (exact) mass is 204 g/mol. The molecular formula is C9H18NO4+. The molecule has 82 valence electrons. The van der Waals surface area contributed by atoms with Crippen molar-refractivity contribution >= 4 is 5.97 Å². The van der Waals surface area contributed by atoms with Crippen LogP contribution in [-0.2, 0) is 9.53 Å². The van der Waals surface area contributed by atoms with Gasteiger partial charge in [-0.25, -0.2) is 4.79 Å².